The predicted octanol–water partition coefficient (Wildman–Crippen LogP) is 3.53. The second kappa shape index (κ2) is 11.2. The Bertz CT molecular complexity index is 657. The standard InChI is InChI=1S/C21H29N3O2/c1-17(19-8-5-4-6-9-19)24-21(22-2)23-14-7-15-26-16-18-10-12-20(25-3)13-11-18/h4-6,8-13,17H,7,14-16H2,1-3H3,(H2,22,23,24). The van der Waals surface area contributed by atoms with Crippen LogP contribution in [0, 0.1) is 0 Å². The number of benzene rings is 2. The van der Waals surface area contributed by atoms with Gasteiger partial charge in [0.15, 0.2) is 5.96 Å². The molecule has 0 bridgehead atoms. The fraction of sp³-hybridized carbons (Fsp3) is 0.381. The number of ether oxygens (including phenoxy) is 2. The monoisotopic (exact) mass is 355 g/mol. The van der Waals surface area contributed by atoms with Gasteiger partial charge in [0.2, 0.25) is 0 Å². The van der Waals surface area contributed by atoms with Crippen LogP contribution in [0.5, 0.6) is 5.75 Å². The van der Waals surface area contributed by atoms with Crippen molar-refractivity contribution < 1.29 is 9.47 Å². The molecular weight excluding hydrogens is 326 g/mol. The van der Waals surface area contributed by atoms with E-state index in [4.69, 9.17) is 9.47 Å². The Morgan fingerprint density at radius 2 is 1.81 bits per heavy atom. The molecule has 1 unspecified atom stereocenters. The second-order valence-electron chi connectivity index (χ2n) is 6.03. The summed E-state index contributed by atoms with van der Waals surface area (Å²) >= 11 is 0. The van der Waals surface area contributed by atoms with Crippen molar-refractivity contribution in [2.75, 3.05) is 27.3 Å². The highest BCUT2D eigenvalue weighted by Gasteiger charge is 2.06. The molecule has 0 aromatic heterocycles. The molecule has 0 spiro atoms. The zero-order valence-corrected chi connectivity index (χ0v) is 15.9. The molecule has 1 atom stereocenters. The molecule has 2 rings (SSSR count). The average Bonchev–Trinajstić information content (AvgIpc) is 2.70. The Morgan fingerprint density at radius 3 is 2.46 bits per heavy atom. The summed E-state index contributed by atoms with van der Waals surface area (Å²) in [5, 5.41) is 6.72. The topological polar surface area (TPSA) is 54.9 Å². The van der Waals surface area contributed by atoms with Crippen molar-refractivity contribution in [2.45, 2.75) is 26.0 Å². The van der Waals surface area contributed by atoms with Gasteiger partial charge < -0.3 is 20.1 Å². The molecule has 0 aliphatic heterocycles. The summed E-state index contributed by atoms with van der Waals surface area (Å²) in [5.74, 6) is 1.66. The minimum absolute atomic E-state index is 0.203. The molecule has 0 amide bonds. The third kappa shape index (κ3) is 6.76. The summed E-state index contributed by atoms with van der Waals surface area (Å²) in [4.78, 5) is 4.28. The van der Waals surface area contributed by atoms with Crippen molar-refractivity contribution in [1.82, 2.24) is 10.6 Å². The van der Waals surface area contributed by atoms with Crippen LogP contribution < -0.4 is 15.4 Å². The minimum atomic E-state index is 0.203. The summed E-state index contributed by atoms with van der Waals surface area (Å²) in [7, 11) is 3.45. The zero-order chi connectivity index (χ0) is 18.6. The molecule has 5 heteroatoms. The van der Waals surface area contributed by atoms with Gasteiger partial charge in [0.05, 0.1) is 19.8 Å². The van der Waals surface area contributed by atoms with Crippen LogP contribution in [0.15, 0.2) is 59.6 Å². The summed E-state index contributed by atoms with van der Waals surface area (Å²) < 4.78 is 10.9. The number of rotatable bonds is 9. The highest BCUT2D eigenvalue weighted by molar-refractivity contribution is 5.80. The number of nitrogens with zero attached hydrogens (tertiary/aromatic N) is 1. The number of methoxy groups -OCH3 is 1. The first-order valence-corrected chi connectivity index (χ1v) is 8.95. The molecule has 0 saturated carbocycles. The first-order valence-electron chi connectivity index (χ1n) is 8.95. The van der Waals surface area contributed by atoms with E-state index in [9.17, 15) is 0 Å². The van der Waals surface area contributed by atoms with Gasteiger partial charge in [0.1, 0.15) is 5.75 Å². The molecule has 0 radical (unpaired) electrons. The molecule has 5 nitrogen and oxygen atoms in total. The highest BCUT2D eigenvalue weighted by Crippen LogP contribution is 2.12. The van der Waals surface area contributed by atoms with Crippen LogP contribution in [-0.4, -0.2) is 33.3 Å². The molecule has 2 aromatic carbocycles. The van der Waals surface area contributed by atoms with E-state index in [1.807, 2.05) is 42.5 Å². The Kier molecular flexibility index (Phi) is 8.49. The number of guanidine groups is 1. The fourth-order valence-corrected chi connectivity index (χ4v) is 2.52. The van der Waals surface area contributed by atoms with E-state index in [0.29, 0.717) is 13.2 Å². The van der Waals surface area contributed by atoms with Crippen LogP contribution in [-0.2, 0) is 11.3 Å². The summed E-state index contributed by atoms with van der Waals surface area (Å²) in [6, 6.07) is 18.5. The minimum Gasteiger partial charge on any atom is -0.497 e. The van der Waals surface area contributed by atoms with Gasteiger partial charge in [-0.1, -0.05) is 42.5 Å². The van der Waals surface area contributed by atoms with Crippen molar-refractivity contribution in [3.63, 3.8) is 0 Å². The Balaban J connectivity index is 1.61. The van der Waals surface area contributed by atoms with Crippen LogP contribution in [0.4, 0.5) is 0 Å². The van der Waals surface area contributed by atoms with Crippen LogP contribution in [0.25, 0.3) is 0 Å². The van der Waals surface area contributed by atoms with Crippen molar-refractivity contribution in [3.8, 4) is 5.75 Å². The molecule has 2 aromatic rings. The number of hydrogen-bond acceptors (Lipinski definition) is 3. The molecule has 140 valence electrons. The van der Waals surface area contributed by atoms with Gasteiger partial charge >= 0.3 is 0 Å². The number of aliphatic imine (C=N–C) groups is 1. The molecule has 2 N–H and O–H groups in total. The molecule has 0 heterocycles. The van der Waals surface area contributed by atoms with Gasteiger partial charge in [0.25, 0.3) is 0 Å². The smallest absolute Gasteiger partial charge is 0.191 e. The van der Waals surface area contributed by atoms with Crippen LogP contribution in [0.1, 0.15) is 30.5 Å². The maximum atomic E-state index is 5.72. The summed E-state index contributed by atoms with van der Waals surface area (Å²) in [5.41, 5.74) is 2.38. The van der Waals surface area contributed by atoms with Gasteiger partial charge in [-0.3, -0.25) is 4.99 Å². The van der Waals surface area contributed by atoms with Crippen molar-refractivity contribution in [1.29, 1.82) is 0 Å². The number of nitrogens with one attached hydrogen (secondary N) is 2. The molecule has 0 aliphatic rings. The fourth-order valence-electron chi connectivity index (χ4n) is 2.52. The SMILES string of the molecule is CN=C(NCCCOCc1ccc(OC)cc1)NC(C)c1ccccc1. The van der Waals surface area contributed by atoms with Gasteiger partial charge in [0, 0.05) is 20.2 Å². The van der Waals surface area contributed by atoms with Crippen molar-refractivity contribution in [3.05, 3.63) is 65.7 Å². The van der Waals surface area contributed by atoms with Gasteiger partial charge in [-0.05, 0) is 36.6 Å². The van der Waals surface area contributed by atoms with E-state index in [2.05, 4.69) is 34.7 Å². The van der Waals surface area contributed by atoms with E-state index in [1.54, 1.807) is 14.2 Å². The van der Waals surface area contributed by atoms with E-state index < -0.39 is 0 Å². The molecule has 26 heavy (non-hydrogen) atoms. The Labute approximate surface area is 156 Å². The maximum Gasteiger partial charge on any atom is 0.191 e. The normalized spacial score (nSPS) is 12.5. The lowest BCUT2D eigenvalue weighted by molar-refractivity contribution is 0.119. The quantitative estimate of drug-likeness (QED) is 0.410. The van der Waals surface area contributed by atoms with E-state index in [1.165, 1.54) is 5.56 Å². The third-order valence-corrected chi connectivity index (χ3v) is 4.06. The Morgan fingerprint density at radius 1 is 1.08 bits per heavy atom. The highest BCUT2D eigenvalue weighted by atomic mass is 16.5. The first kappa shape index (κ1) is 19.8. The third-order valence-electron chi connectivity index (χ3n) is 4.06. The predicted molar refractivity (Wildman–Crippen MR) is 107 cm³/mol. The first-order chi connectivity index (χ1) is 12.7. The van der Waals surface area contributed by atoms with Gasteiger partial charge in [-0.15, -0.1) is 0 Å². The summed E-state index contributed by atoms with van der Waals surface area (Å²) in [6.45, 7) is 4.25. The zero-order valence-electron chi connectivity index (χ0n) is 15.9. The molecular formula is C21H29N3O2. The average molecular weight is 355 g/mol. The van der Waals surface area contributed by atoms with Crippen LogP contribution >= 0.6 is 0 Å². The summed E-state index contributed by atoms with van der Waals surface area (Å²) in [6.07, 6.45) is 0.913. The van der Waals surface area contributed by atoms with Crippen molar-refractivity contribution in [2.24, 2.45) is 4.99 Å². The lowest BCUT2D eigenvalue weighted by Crippen LogP contribution is -2.39. The van der Waals surface area contributed by atoms with Gasteiger partial charge in [-0.25, -0.2) is 0 Å². The van der Waals surface area contributed by atoms with Gasteiger partial charge in [-0.2, -0.15) is 0 Å². The lowest BCUT2D eigenvalue weighted by Gasteiger charge is -2.18. The maximum absolute atomic E-state index is 5.72. The van der Waals surface area contributed by atoms with E-state index in [-0.39, 0.29) is 6.04 Å². The van der Waals surface area contributed by atoms with Crippen LogP contribution in [0.2, 0.25) is 0 Å². The molecule has 0 fully saturated rings. The van der Waals surface area contributed by atoms with Crippen LogP contribution in [0.3, 0.4) is 0 Å². The van der Waals surface area contributed by atoms with E-state index >= 15 is 0 Å². The lowest BCUT2D eigenvalue weighted by atomic mass is 10.1. The van der Waals surface area contributed by atoms with E-state index in [0.717, 1.165) is 30.2 Å². The van der Waals surface area contributed by atoms with Crippen molar-refractivity contribution >= 4 is 5.96 Å². The number of hydrogen-bond donors (Lipinski definition) is 2. The second-order valence-corrected chi connectivity index (χ2v) is 6.03. The Hall–Kier alpha value is -2.53. The molecule has 0 saturated heterocycles. The molecule has 0 aliphatic carbocycles. The largest absolute Gasteiger partial charge is 0.497 e.